The number of hydrogen-bond acceptors (Lipinski definition) is 3. The Hall–Kier alpha value is -2.37. The maximum atomic E-state index is 9.55. The Morgan fingerprint density at radius 2 is 1.94 bits per heavy atom. The summed E-state index contributed by atoms with van der Waals surface area (Å²) in [4.78, 5) is 23.4. The number of carboxylic acids is 2. The molecule has 18 heavy (non-hydrogen) atoms. The van der Waals surface area contributed by atoms with Gasteiger partial charge in [0, 0.05) is 24.9 Å². The summed E-state index contributed by atoms with van der Waals surface area (Å²) in [5, 5.41) is 15.6. The predicted octanol–water partition coefficient (Wildman–Crippen LogP) is 1.02. The Labute approximate surface area is 104 Å². The lowest BCUT2D eigenvalue weighted by atomic mass is 10.2. The molecule has 6 heteroatoms. The number of fused-ring (bicyclic) bond motifs is 1. The quantitative estimate of drug-likeness (QED) is 0.766. The van der Waals surface area contributed by atoms with Gasteiger partial charge in [-0.1, -0.05) is 0 Å². The molecule has 1 aromatic rings. The van der Waals surface area contributed by atoms with Crippen molar-refractivity contribution in [1.29, 1.82) is 0 Å². The van der Waals surface area contributed by atoms with Gasteiger partial charge in [-0.2, -0.15) is 0 Å². The normalized spacial score (nSPS) is 13.3. The van der Waals surface area contributed by atoms with Crippen molar-refractivity contribution in [2.24, 2.45) is 4.99 Å². The van der Waals surface area contributed by atoms with Crippen LogP contribution in [0.1, 0.15) is 12.6 Å². The van der Waals surface area contributed by atoms with Crippen LogP contribution < -0.4 is 0 Å². The van der Waals surface area contributed by atoms with Crippen LogP contribution in [0.4, 0.5) is 0 Å². The number of aliphatic imine (C=N–C) groups is 1. The second-order valence-electron chi connectivity index (χ2n) is 3.56. The molecule has 6 nitrogen and oxygen atoms in total. The Balaban J connectivity index is 0.000000187. The minimum absolute atomic E-state index is 0.558. The highest BCUT2D eigenvalue weighted by molar-refractivity contribution is 5.97. The summed E-state index contributed by atoms with van der Waals surface area (Å²) in [5.41, 5.74) is 2.43. The first-order valence-electron chi connectivity index (χ1n) is 5.31. The molecule has 2 heterocycles. The van der Waals surface area contributed by atoms with Crippen LogP contribution in [0, 0.1) is 0 Å². The van der Waals surface area contributed by atoms with Crippen LogP contribution in [0.15, 0.2) is 35.5 Å². The van der Waals surface area contributed by atoms with Crippen LogP contribution in [-0.2, 0) is 16.1 Å². The van der Waals surface area contributed by atoms with E-state index in [-0.39, 0.29) is 0 Å². The summed E-state index contributed by atoms with van der Waals surface area (Å²) < 4.78 is 2.24. The molecule has 0 spiro atoms. The van der Waals surface area contributed by atoms with Crippen LogP contribution in [0.5, 0.6) is 0 Å². The van der Waals surface area contributed by atoms with E-state index in [0.717, 1.165) is 18.8 Å². The van der Waals surface area contributed by atoms with E-state index in [2.05, 4.69) is 34.8 Å². The standard InChI is InChI=1S/C8H10N2.C4H4O4/c1-7-8-3-2-5-10(8)6-4-9-7;5-3(6)1-2-4(7)8/h2-3,5H,4,6H2,1H3;1-2H,(H,5,6)(H,7,8). The van der Waals surface area contributed by atoms with Crippen LogP contribution in [-0.4, -0.2) is 39.0 Å². The Morgan fingerprint density at radius 1 is 1.33 bits per heavy atom. The minimum atomic E-state index is -1.26. The summed E-state index contributed by atoms with van der Waals surface area (Å²) in [5.74, 6) is -2.51. The van der Waals surface area contributed by atoms with Gasteiger partial charge in [0.1, 0.15) is 0 Å². The lowest BCUT2D eigenvalue weighted by Crippen LogP contribution is -2.14. The van der Waals surface area contributed by atoms with Gasteiger partial charge in [-0.3, -0.25) is 4.99 Å². The van der Waals surface area contributed by atoms with Crippen molar-refractivity contribution >= 4 is 17.7 Å². The molecule has 2 rings (SSSR count). The minimum Gasteiger partial charge on any atom is -0.478 e. The zero-order valence-corrected chi connectivity index (χ0v) is 9.91. The van der Waals surface area contributed by atoms with E-state index in [1.54, 1.807) is 0 Å². The Bertz CT molecular complexity index is 484. The smallest absolute Gasteiger partial charge is 0.328 e. The van der Waals surface area contributed by atoms with Crippen molar-refractivity contribution in [3.63, 3.8) is 0 Å². The largest absolute Gasteiger partial charge is 0.478 e. The monoisotopic (exact) mass is 250 g/mol. The van der Waals surface area contributed by atoms with Gasteiger partial charge in [0.25, 0.3) is 0 Å². The molecule has 0 saturated carbocycles. The first-order valence-corrected chi connectivity index (χ1v) is 5.31. The average molecular weight is 250 g/mol. The van der Waals surface area contributed by atoms with Crippen molar-refractivity contribution < 1.29 is 19.8 Å². The van der Waals surface area contributed by atoms with E-state index in [1.165, 1.54) is 5.69 Å². The van der Waals surface area contributed by atoms with Crippen molar-refractivity contribution in [2.45, 2.75) is 13.5 Å². The summed E-state index contributed by atoms with van der Waals surface area (Å²) >= 11 is 0. The van der Waals surface area contributed by atoms with E-state index >= 15 is 0 Å². The maximum Gasteiger partial charge on any atom is 0.328 e. The molecular weight excluding hydrogens is 236 g/mol. The molecule has 96 valence electrons. The van der Waals surface area contributed by atoms with Gasteiger partial charge in [-0.05, 0) is 19.1 Å². The molecular formula is C12H14N2O4. The lowest BCUT2D eigenvalue weighted by Gasteiger charge is -2.12. The molecule has 0 radical (unpaired) electrons. The topological polar surface area (TPSA) is 91.9 Å². The third-order valence-corrected chi connectivity index (χ3v) is 2.26. The third kappa shape index (κ3) is 4.25. The fraction of sp³-hybridized carbons (Fsp3) is 0.250. The van der Waals surface area contributed by atoms with Crippen molar-refractivity contribution in [1.82, 2.24) is 4.57 Å². The lowest BCUT2D eigenvalue weighted by molar-refractivity contribution is -0.134. The second kappa shape index (κ2) is 6.39. The molecule has 0 fully saturated rings. The van der Waals surface area contributed by atoms with Crippen molar-refractivity contribution in [3.8, 4) is 0 Å². The number of carboxylic acid groups (broad SMARTS) is 2. The number of rotatable bonds is 2. The molecule has 1 aliphatic rings. The van der Waals surface area contributed by atoms with Crippen LogP contribution in [0.2, 0.25) is 0 Å². The number of carbonyl (C=O) groups is 2. The van der Waals surface area contributed by atoms with Gasteiger partial charge < -0.3 is 14.8 Å². The fourth-order valence-electron chi connectivity index (χ4n) is 1.49. The molecule has 1 aromatic heterocycles. The number of nitrogens with zero attached hydrogens (tertiary/aromatic N) is 2. The fourth-order valence-corrected chi connectivity index (χ4v) is 1.49. The Kier molecular flexibility index (Phi) is 4.86. The zero-order chi connectivity index (χ0) is 13.5. The molecule has 2 N–H and O–H groups in total. The summed E-state index contributed by atoms with van der Waals surface area (Å²) in [6.07, 6.45) is 3.22. The first-order chi connectivity index (χ1) is 8.50. The molecule has 0 bridgehead atoms. The Morgan fingerprint density at radius 3 is 2.44 bits per heavy atom. The molecule has 0 aliphatic carbocycles. The summed E-state index contributed by atoms with van der Waals surface area (Å²) in [6, 6.07) is 4.18. The van der Waals surface area contributed by atoms with E-state index < -0.39 is 11.9 Å². The second-order valence-corrected chi connectivity index (χ2v) is 3.56. The SMILES string of the molecule is CC1=NCCn2cccc21.O=C(O)C=CC(=O)O. The van der Waals surface area contributed by atoms with Crippen LogP contribution >= 0.6 is 0 Å². The summed E-state index contributed by atoms with van der Waals surface area (Å²) in [6.45, 7) is 4.04. The van der Waals surface area contributed by atoms with Gasteiger partial charge in [0.05, 0.1) is 18.0 Å². The highest BCUT2D eigenvalue weighted by Crippen LogP contribution is 2.08. The van der Waals surface area contributed by atoms with Crippen molar-refractivity contribution in [3.05, 3.63) is 36.2 Å². The molecule has 0 amide bonds. The van der Waals surface area contributed by atoms with Gasteiger partial charge in [0.2, 0.25) is 0 Å². The average Bonchev–Trinajstić information content (AvgIpc) is 2.77. The third-order valence-electron chi connectivity index (χ3n) is 2.26. The molecule has 0 atom stereocenters. The van der Waals surface area contributed by atoms with Gasteiger partial charge in [-0.15, -0.1) is 0 Å². The predicted molar refractivity (Wildman–Crippen MR) is 65.9 cm³/mol. The number of aromatic nitrogens is 1. The van der Waals surface area contributed by atoms with Gasteiger partial charge in [0.15, 0.2) is 0 Å². The highest BCUT2D eigenvalue weighted by atomic mass is 16.4. The van der Waals surface area contributed by atoms with E-state index in [4.69, 9.17) is 10.2 Å². The number of aliphatic carboxylic acids is 2. The van der Waals surface area contributed by atoms with Gasteiger partial charge >= 0.3 is 11.9 Å². The maximum absolute atomic E-state index is 9.55. The summed E-state index contributed by atoms with van der Waals surface area (Å²) in [7, 11) is 0. The van der Waals surface area contributed by atoms with Crippen LogP contribution in [0.3, 0.4) is 0 Å². The van der Waals surface area contributed by atoms with E-state index in [0.29, 0.717) is 12.2 Å². The molecule has 0 aromatic carbocycles. The molecule has 0 saturated heterocycles. The molecule has 1 aliphatic heterocycles. The van der Waals surface area contributed by atoms with Crippen molar-refractivity contribution in [2.75, 3.05) is 6.54 Å². The first kappa shape index (κ1) is 13.7. The zero-order valence-electron chi connectivity index (χ0n) is 9.91. The van der Waals surface area contributed by atoms with Crippen LogP contribution in [0.25, 0.3) is 0 Å². The number of hydrogen-bond donors (Lipinski definition) is 2. The van der Waals surface area contributed by atoms with Gasteiger partial charge in [-0.25, -0.2) is 9.59 Å². The molecule has 0 unspecified atom stereocenters. The van der Waals surface area contributed by atoms with E-state index in [9.17, 15) is 9.59 Å². The highest BCUT2D eigenvalue weighted by Gasteiger charge is 2.06. The van der Waals surface area contributed by atoms with E-state index in [1.807, 2.05) is 0 Å².